The molecular formula is C7H12O4P+. The van der Waals surface area contributed by atoms with Crippen LogP contribution in [0.5, 0.6) is 0 Å². The molecular weight excluding hydrogens is 179 g/mol. The lowest BCUT2D eigenvalue weighted by atomic mass is 10.4. The highest BCUT2D eigenvalue weighted by molar-refractivity contribution is 7.38. The van der Waals surface area contributed by atoms with Gasteiger partial charge in [-0.2, -0.15) is 0 Å². The molecule has 12 heavy (non-hydrogen) atoms. The van der Waals surface area contributed by atoms with Crippen molar-refractivity contribution in [2.75, 3.05) is 19.9 Å². The molecule has 0 aromatic rings. The largest absolute Gasteiger partial charge is 0.504 e. The van der Waals surface area contributed by atoms with Crippen LogP contribution in [0.15, 0.2) is 12.2 Å². The van der Waals surface area contributed by atoms with Gasteiger partial charge in [0.1, 0.15) is 13.2 Å². The highest BCUT2D eigenvalue weighted by Gasteiger charge is 2.07. The maximum atomic E-state index is 10.7. The highest BCUT2D eigenvalue weighted by atomic mass is 31.1. The smallest absolute Gasteiger partial charge is 0.460 e. The Balaban J connectivity index is 3.38. The Morgan fingerprint density at radius 3 is 2.50 bits per heavy atom. The topological polar surface area (TPSA) is 52.6 Å². The summed E-state index contributed by atoms with van der Waals surface area (Å²) in [5.74, 6) is -0.454. The fourth-order valence-corrected chi connectivity index (χ4v) is 0.755. The highest BCUT2D eigenvalue weighted by Crippen LogP contribution is 2.13. The van der Waals surface area contributed by atoms with Crippen LogP contribution >= 0.6 is 8.03 Å². The molecule has 0 amide bonds. The van der Waals surface area contributed by atoms with Crippen molar-refractivity contribution in [1.82, 2.24) is 0 Å². The molecule has 0 heterocycles. The van der Waals surface area contributed by atoms with E-state index in [0.717, 1.165) is 0 Å². The van der Waals surface area contributed by atoms with Gasteiger partial charge in [0.25, 0.3) is 0 Å². The Morgan fingerprint density at radius 2 is 2.08 bits per heavy atom. The summed E-state index contributed by atoms with van der Waals surface area (Å²) < 4.78 is 19.7. The quantitative estimate of drug-likeness (QED) is 0.286. The number of esters is 1. The van der Waals surface area contributed by atoms with E-state index >= 15 is 0 Å². The first-order valence-corrected chi connectivity index (χ1v) is 5.03. The average Bonchev–Trinajstić information content (AvgIpc) is 1.97. The normalized spacial score (nSPS) is 10.7. The summed E-state index contributed by atoms with van der Waals surface area (Å²) >= 11 is 0. The van der Waals surface area contributed by atoms with Gasteiger partial charge in [0.05, 0.1) is 0 Å². The molecule has 5 heteroatoms. The lowest BCUT2D eigenvalue weighted by Crippen LogP contribution is -2.09. The van der Waals surface area contributed by atoms with Crippen LogP contribution in [0.3, 0.4) is 0 Å². The van der Waals surface area contributed by atoms with E-state index in [1.54, 1.807) is 6.92 Å². The number of ether oxygens (including phenoxy) is 1. The molecule has 0 spiro atoms. The summed E-state index contributed by atoms with van der Waals surface area (Å²) in [4.78, 5) is 10.7. The second kappa shape index (κ2) is 5.86. The number of hydrogen-bond acceptors (Lipinski definition) is 4. The van der Waals surface area contributed by atoms with Crippen molar-refractivity contribution in [3.8, 4) is 0 Å². The van der Waals surface area contributed by atoms with Gasteiger partial charge in [-0.05, 0) is 11.5 Å². The average molecular weight is 191 g/mol. The fourth-order valence-electron chi connectivity index (χ4n) is 0.423. The van der Waals surface area contributed by atoms with Crippen molar-refractivity contribution in [3.05, 3.63) is 12.2 Å². The Hall–Kier alpha value is -0.730. The van der Waals surface area contributed by atoms with E-state index in [4.69, 9.17) is 0 Å². The molecule has 0 aromatic heterocycles. The van der Waals surface area contributed by atoms with E-state index in [2.05, 4.69) is 15.8 Å². The standard InChI is InChI=1S/C7H12O4P/c1-6(2)7(8)10-4-5-11-12(3)9/h1,4-5H2,2-3H3/q+1. The summed E-state index contributed by atoms with van der Waals surface area (Å²) in [5, 5.41) is 0. The van der Waals surface area contributed by atoms with E-state index < -0.39 is 14.0 Å². The van der Waals surface area contributed by atoms with Crippen LogP contribution in [0.4, 0.5) is 0 Å². The zero-order valence-corrected chi connectivity index (χ0v) is 8.10. The third-order valence-corrected chi connectivity index (χ3v) is 1.48. The van der Waals surface area contributed by atoms with E-state index in [1.165, 1.54) is 6.66 Å². The van der Waals surface area contributed by atoms with E-state index in [-0.39, 0.29) is 13.2 Å². The number of carbonyl (C=O) groups is 1. The molecule has 0 fully saturated rings. The van der Waals surface area contributed by atoms with Crippen LogP contribution in [0.1, 0.15) is 6.92 Å². The zero-order valence-electron chi connectivity index (χ0n) is 7.20. The van der Waals surface area contributed by atoms with Gasteiger partial charge < -0.3 is 4.74 Å². The first-order valence-electron chi connectivity index (χ1n) is 3.40. The predicted octanol–water partition coefficient (Wildman–Crippen LogP) is 1.49. The lowest BCUT2D eigenvalue weighted by Gasteiger charge is -1.99. The van der Waals surface area contributed by atoms with Crippen molar-refractivity contribution in [2.24, 2.45) is 0 Å². The lowest BCUT2D eigenvalue weighted by molar-refractivity contribution is -0.139. The zero-order chi connectivity index (χ0) is 9.56. The first kappa shape index (κ1) is 11.3. The monoisotopic (exact) mass is 191 g/mol. The van der Waals surface area contributed by atoms with E-state index in [0.29, 0.717) is 5.57 Å². The minimum absolute atomic E-state index is 0.112. The predicted molar refractivity (Wildman–Crippen MR) is 45.3 cm³/mol. The van der Waals surface area contributed by atoms with Gasteiger partial charge in [0.2, 0.25) is 0 Å². The molecule has 0 bridgehead atoms. The van der Waals surface area contributed by atoms with Gasteiger partial charge >= 0.3 is 14.0 Å². The molecule has 0 saturated carbocycles. The van der Waals surface area contributed by atoms with Gasteiger partial charge in [0, 0.05) is 5.57 Å². The van der Waals surface area contributed by atoms with Gasteiger partial charge in [-0.1, -0.05) is 6.58 Å². The maximum absolute atomic E-state index is 10.7. The van der Waals surface area contributed by atoms with Crippen LogP contribution in [0.2, 0.25) is 0 Å². The number of carbonyl (C=O) groups excluding carboxylic acids is 1. The third kappa shape index (κ3) is 6.01. The Kier molecular flexibility index (Phi) is 5.51. The Labute approximate surface area is 72.4 Å². The second-order valence-electron chi connectivity index (χ2n) is 2.19. The second-order valence-corrected chi connectivity index (χ2v) is 3.33. The molecule has 0 N–H and O–H groups in total. The third-order valence-electron chi connectivity index (χ3n) is 0.938. The van der Waals surface area contributed by atoms with E-state index in [1.807, 2.05) is 0 Å². The number of hydrogen-bond donors (Lipinski definition) is 0. The molecule has 0 radical (unpaired) electrons. The molecule has 1 unspecified atom stereocenters. The Morgan fingerprint density at radius 1 is 1.50 bits per heavy atom. The SMILES string of the molecule is C=C(C)C(=O)OCCO[P+](C)=O. The first-order chi connectivity index (χ1) is 5.54. The van der Waals surface area contributed by atoms with Crippen molar-refractivity contribution in [3.63, 3.8) is 0 Å². The Bertz CT molecular complexity index is 200. The van der Waals surface area contributed by atoms with Crippen LogP contribution in [0.25, 0.3) is 0 Å². The maximum Gasteiger partial charge on any atom is 0.504 e. The summed E-state index contributed by atoms with van der Waals surface area (Å²) in [5.41, 5.74) is 0.343. The van der Waals surface area contributed by atoms with Crippen molar-refractivity contribution in [1.29, 1.82) is 0 Å². The van der Waals surface area contributed by atoms with Crippen molar-refractivity contribution >= 4 is 14.0 Å². The molecule has 0 rings (SSSR count). The van der Waals surface area contributed by atoms with Crippen molar-refractivity contribution < 1.29 is 18.6 Å². The van der Waals surface area contributed by atoms with Gasteiger partial charge in [0.15, 0.2) is 6.66 Å². The minimum atomic E-state index is -1.61. The molecule has 0 aliphatic carbocycles. The minimum Gasteiger partial charge on any atom is -0.460 e. The van der Waals surface area contributed by atoms with Gasteiger partial charge in [-0.25, -0.2) is 4.79 Å². The summed E-state index contributed by atoms with van der Waals surface area (Å²) in [6.45, 7) is 6.66. The van der Waals surface area contributed by atoms with Crippen LogP contribution in [-0.4, -0.2) is 25.8 Å². The van der Waals surface area contributed by atoms with Crippen molar-refractivity contribution in [2.45, 2.75) is 6.92 Å². The molecule has 0 aliphatic heterocycles. The molecule has 4 nitrogen and oxygen atoms in total. The van der Waals surface area contributed by atoms with Gasteiger partial charge in [-0.15, -0.1) is 4.52 Å². The molecule has 0 saturated heterocycles. The molecule has 68 valence electrons. The van der Waals surface area contributed by atoms with Gasteiger partial charge in [-0.3, -0.25) is 0 Å². The fraction of sp³-hybridized carbons (Fsp3) is 0.571. The van der Waals surface area contributed by atoms with Crippen LogP contribution in [-0.2, 0) is 18.6 Å². The molecule has 0 aliphatic rings. The van der Waals surface area contributed by atoms with E-state index in [9.17, 15) is 9.36 Å². The van der Waals surface area contributed by atoms with Crippen LogP contribution in [0, 0.1) is 0 Å². The van der Waals surface area contributed by atoms with Crippen LogP contribution < -0.4 is 0 Å². The number of rotatable bonds is 5. The summed E-state index contributed by atoms with van der Waals surface area (Å²) in [6.07, 6.45) is 0. The molecule has 0 aromatic carbocycles. The summed E-state index contributed by atoms with van der Waals surface area (Å²) in [6, 6.07) is 0. The molecule has 1 atom stereocenters. The summed E-state index contributed by atoms with van der Waals surface area (Å²) in [7, 11) is -1.61.